The molecule has 0 saturated carbocycles. The van der Waals surface area contributed by atoms with Gasteiger partial charge in [-0.2, -0.15) is 13.2 Å². The number of nitrogens with zero attached hydrogens (tertiary/aromatic N) is 2. The van der Waals surface area contributed by atoms with Gasteiger partial charge < -0.3 is 4.90 Å². The van der Waals surface area contributed by atoms with Crippen LogP contribution < -0.4 is 4.31 Å². The summed E-state index contributed by atoms with van der Waals surface area (Å²) in [5, 5.41) is 0. The molecule has 1 heterocycles. The third-order valence-electron chi connectivity index (χ3n) is 3.62. The van der Waals surface area contributed by atoms with Crippen LogP contribution in [0.3, 0.4) is 0 Å². The van der Waals surface area contributed by atoms with Crippen molar-refractivity contribution < 1.29 is 26.4 Å². The molecule has 0 atom stereocenters. The fourth-order valence-corrected chi connectivity index (χ4v) is 3.36. The smallest absolute Gasteiger partial charge is 0.341 e. The van der Waals surface area contributed by atoms with Gasteiger partial charge in [-0.15, -0.1) is 0 Å². The van der Waals surface area contributed by atoms with Crippen molar-refractivity contribution in [2.45, 2.75) is 19.0 Å². The van der Waals surface area contributed by atoms with E-state index >= 15 is 0 Å². The second-order valence-corrected chi connectivity index (χ2v) is 7.28. The largest absolute Gasteiger partial charge is 0.418 e. The molecule has 1 aliphatic heterocycles. The predicted molar refractivity (Wildman–Crippen MR) is 79.4 cm³/mol. The SMILES string of the molecule is CS(=O)(=O)N(CC(=O)N1CCCC1)c1ccccc1C(F)(F)F. The highest BCUT2D eigenvalue weighted by molar-refractivity contribution is 7.92. The summed E-state index contributed by atoms with van der Waals surface area (Å²) in [5.74, 6) is -0.495. The molecule has 9 heteroatoms. The lowest BCUT2D eigenvalue weighted by atomic mass is 10.1. The first-order valence-electron chi connectivity index (χ1n) is 7.02. The Morgan fingerprint density at radius 2 is 1.78 bits per heavy atom. The standard InChI is InChI=1S/C14H17F3N2O3S/c1-23(21,22)19(10-13(20)18-8-4-5-9-18)12-7-3-2-6-11(12)14(15,16)17/h2-3,6-7H,4-5,8-10H2,1H3. The van der Waals surface area contributed by atoms with E-state index in [1.807, 2.05) is 0 Å². The normalized spacial score (nSPS) is 15.7. The Morgan fingerprint density at radius 1 is 1.22 bits per heavy atom. The molecule has 1 aromatic rings. The number of rotatable bonds is 4. The summed E-state index contributed by atoms with van der Waals surface area (Å²) in [4.78, 5) is 13.6. The second-order valence-electron chi connectivity index (χ2n) is 5.37. The number of anilines is 1. The van der Waals surface area contributed by atoms with Gasteiger partial charge in [0.05, 0.1) is 17.5 Å². The minimum absolute atomic E-state index is 0.495. The number of hydrogen-bond acceptors (Lipinski definition) is 3. The molecule has 0 radical (unpaired) electrons. The average Bonchev–Trinajstić information content (AvgIpc) is 2.96. The zero-order valence-electron chi connectivity index (χ0n) is 12.5. The van der Waals surface area contributed by atoms with Gasteiger partial charge in [0.2, 0.25) is 15.9 Å². The van der Waals surface area contributed by atoms with Crippen LogP contribution in [-0.2, 0) is 21.0 Å². The molecule has 0 N–H and O–H groups in total. The van der Waals surface area contributed by atoms with Crippen LogP contribution >= 0.6 is 0 Å². The van der Waals surface area contributed by atoms with Gasteiger partial charge in [-0.1, -0.05) is 12.1 Å². The highest BCUT2D eigenvalue weighted by Gasteiger charge is 2.37. The number of para-hydroxylation sites is 1. The first-order valence-corrected chi connectivity index (χ1v) is 8.87. The monoisotopic (exact) mass is 350 g/mol. The quantitative estimate of drug-likeness (QED) is 0.836. The first-order chi connectivity index (χ1) is 10.6. The number of carbonyl (C=O) groups excluding carboxylic acids is 1. The third kappa shape index (κ3) is 4.15. The van der Waals surface area contributed by atoms with Gasteiger partial charge >= 0.3 is 6.18 Å². The van der Waals surface area contributed by atoms with Crippen molar-refractivity contribution in [3.8, 4) is 0 Å². The van der Waals surface area contributed by atoms with Crippen LogP contribution in [0.1, 0.15) is 18.4 Å². The van der Waals surface area contributed by atoms with E-state index in [1.54, 1.807) is 0 Å². The van der Waals surface area contributed by atoms with Crippen molar-refractivity contribution in [1.82, 2.24) is 4.90 Å². The Labute approximate surface area is 132 Å². The molecule has 1 aromatic carbocycles. The van der Waals surface area contributed by atoms with Crippen LogP contribution in [0.2, 0.25) is 0 Å². The molecule has 5 nitrogen and oxygen atoms in total. The summed E-state index contributed by atoms with van der Waals surface area (Å²) < 4.78 is 63.8. The van der Waals surface area contributed by atoms with E-state index < -0.39 is 39.9 Å². The molecule has 1 aliphatic rings. The molecule has 0 unspecified atom stereocenters. The van der Waals surface area contributed by atoms with E-state index in [1.165, 1.54) is 17.0 Å². The zero-order valence-corrected chi connectivity index (χ0v) is 13.3. The Kier molecular flexibility index (Phi) is 4.88. The lowest BCUT2D eigenvalue weighted by Gasteiger charge is -2.27. The molecular weight excluding hydrogens is 333 g/mol. The fraction of sp³-hybridized carbons (Fsp3) is 0.500. The molecular formula is C14H17F3N2O3S. The molecule has 1 fully saturated rings. The molecule has 0 aliphatic carbocycles. The number of benzene rings is 1. The van der Waals surface area contributed by atoms with Gasteiger partial charge in [-0.25, -0.2) is 8.42 Å². The van der Waals surface area contributed by atoms with E-state index in [9.17, 15) is 26.4 Å². The van der Waals surface area contributed by atoms with Crippen molar-refractivity contribution >= 4 is 21.6 Å². The Morgan fingerprint density at radius 3 is 2.30 bits per heavy atom. The van der Waals surface area contributed by atoms with Gasteiger partial charge in [0.15, 0.2) is 0 Å². The van der Waals surface area contributed by atoms with Crippen molar-refractivity contribution in [2.75, 3.05) is 30.2 Å². The van der Waals surface area contributed by atoms with Gasteiger partial charge in [0, 0.05) is 13.1 Å². The summed E-state index contributed by atoms with van der Waals surface area (Å²) in [6, 6.07) is 4.34. The van der Waals surface area contributed by atoms with Crippen LogP contribution in [0.15, 0.2) is 24.3 Å². The van der Waals surface area contributed by atoms with Crippen molar-refractivity contribution in [3.05, 3.63) is 29.8 Å². The first kappa shape index (κ1) is 17.6. The van der Waals surface area contributed by atoms with Crippen LogP contribution in [0, 0.1) is 0 Å². The van der Waals surface area contributed by atoms with Gasteiger partial charge in [-0.3, -0.25) is 9.10 Å². The zero-order chi connectivity index (χ0) is 17.3. The molecule has 2 rings (SSSR count). The summed E-state index contributed by atoms with van der Waals surface area (Å²) >= 11 is 0. The minimum Gasteiger partial charge on any atom is -0.341 e. The fourth-order valence-electron chi connectivity index (χ4n) is 2.50. The number of sulfonamides is 1. The lowest BCUT2D eigenvalue weighted by molar-refractivity contribution is -0.137. The number of hydrogen-bond donors (Lipinski definition) is 0. The maximum Gasteiger partial charge on any atom is 0.418 e. The molecule has 0 aromatic heterocycles. The molecule has 23 heavy (non-hydrogen) atoms. The van der Waals surface area contributed by atoms with Gasteiger partial charge in [-0.05, 0) is 25.0 Å². The highest BCUT2D eigenvalue weighted by atomic mass is 32.2. The summed E-state index contributed by atoms with van der Waals surface area (Å²) in [5.41, 5.74) is -1.62. The van der Waals surface area contributed by atoms with E-state index in [4.69, 9.17) is 0 Å². The average molecular weight is 350 g/mol. The number of alkyl halides is 3. The summed E-state index contributed by atoms with van der Waals surface area (Å²) in [7, 11) is -4.04. The van der Waals surface area contributed by atoms with Crippen LogP contribution in [0.25, 0.3) is 0 Å². The van der Waals surface area contributed by atoms with E-state index in [2.05, 4.69) is 0 Å². The summed E-state index contributed by atoms with van der Waals surface area (Å²) in [6.45, 7) is 0.362. The van der Waals surface area contributed by atoms with E-state index in [-0.39, 0.29) is 0 Å². The van der Waals surface area contributed by atoms with Crippen LogP contribution in [-0.4, -0.2) is 45.1 Å². The predicted octanol–water partition coefficient (Wildman–Crippen LogP) is 2.09. The highest BCUT2D eigenvalue weighted by Crippen LogP contribution is 2.37. The Balaban J connectivity index is 2.39. The number of halogens is 3. The number of amides is 1. The molecule has 0 bridgehead atoms. The molecule has 0 spiro atoms. The number of likely N-dealkylation sites (tertiary alicyclic amines) is 1. The van der Waals surface area contributed by atoms with E-state index in [0.29, 0.717) is 17.4 Å². The maximum absolute atomic E-state index is 13.1. The van der Waals surface area contributed by atoms with Crippen LogP contribution in [0.5, 0.6) is 0 Å². The second kappa shape index (κ2) is 6.38. The molecule has 128 valence electrons. The Hall–Kier alpha value is -1.77. The van der Waals surface area contributed by atoms with E-state index in [0.717, 1.165) is 31.2 Å². The van der Waals surface area contributed by atoms with Crippen molar-refractivity contribution in [1.29, 1.82) is 0 Å². The van der Waals surface area contributed by atoms with Crippen molar-refractivity contribution in [2.24, 2.45) is 0 Å². The maximum atomic E-state index is 13.1. The minimum atomic E-state index is -4.71. The molecule has 1 amide bonds. The molecule has 1 saturated heterocycles. The number of carbonyl (C=O) groups is 1. The Bertz CT molecular complexity index is 683. The van der Waals surface area contributed by atoms with Gasteiger partial charge in [0.25, 0.3) is 0 Å². The summed E-state index contributed by atoms with van der Waals surface area (Å²) in [6.07, 6.45) is -2.30. The third-order valence-corrected chi connectivity index (χ3v) is 4.74. The topological polar surface area (TPSA) is 57.7 Å². The van der Waals surface area contributed by atoms with Crippen molar-refractivity contribution in [3.63, 3.8) is 0 Å². The van der Waals surface area contributed by atoms with Crippen LogP contribution in [0.4, 0.5) is 18.9 Å². The lowest BCUT2D eigenvalue weighted by Crippen LogP contribution is -2.42. The van der Waals surface area contributed by atoms with Gasteiger partial charge in [0.1, 0.15) is 6.54 Å².